The summed E-state index contributed by atoms with van der Waals surface area (Å²) in [6.45, 7) is 0.484. The smallest absolute Gasteiger partial charge is 0.258 e. The van der Waals surface area contributed by atoms with Gasteiger partial charge < -0.3 is 5.32 Å². The molecule has 0 atom stereocenters. The quantitative estimate of drug-likeness (QED) is 0.768. The molecule has 100 valence electrons. The van der Waals surface area contributed by atoms with Gasteiger partial charge in [0.25, 0.3) is 5.95 Å². The van der Waals surface area contributed by atoms with E-state index in [1.807, 2.05) is 18.2 Å². The van der Waals surface area contributed by atoms with Crippen LogP contribution in [0.25, 0.3) is 5.95 Å². The van der Waals surface area contributed by atoms with Gasteiger partial charge in [0.05, 0.1) is 12.2 Å². The predicted octanol–water partition coefficient (Wildman–Crippen LogP) is 1.11. The molecule has 0 aromatic carbocycles. The molecule has 8 nitrogen and oxygen atoms in total. The minimum Gasteiger partial charge on any atom is -0.348 e. The van der Waals surface area contributed by atoms with Crippen molar-refractivity contribution in [1.29, 1.82) is 0 Å². The second-order valence-electron chi connectivity index (χ2n) is 3.74. The number of hydrogen-bond donors (Lipinski definition) is 1. The number of halogens is 1. The van der Waals surface area contributed by atoms with Crippen molar-refractivity contribution in [2.24, 2.45) is 0 Å². The molecular formula is C11H9ClN8. The molecule has 0 fully saturated rings. The third-order valence-electron chi connectivity index (χ3n) is 2.37. The molecule has 0 radical (unpaired) electrons. The number of anilines is 1. The maximum atomic E-state index is 5.87. The molecule has 3 rings (SSSR count). The number of rotatable bonds is 4. The highest BCUT2D eigenvalue weighted by Crippen LogP contribution is 2.09. The molecule has 9 heteroatoms. The summed E-state index contributed by atoms with van der Waals surface area (Å²) < 4.78 is 1.40. The van der Waals surface area contributed by atoms with Crippen LogP contribution in [-0.4, -0.2) is 34.7 Å². The number of pyridine rings is 1. The van der Waals surface area contributed by atoms with Gasteiger partial charge >= 0.3 is 0 Å². The lowest BCUT2D eigenvalue weighted by atomic mass is 10.3. The van der Waals surface area contributed by atoms with Gasteiger partial charge in [0, 0.05) is 6.20 Å². The fourth-order valence-electron chi connectivity index (χ4n) is 1.50. The fraction of sp³-hybridized carbons (Fsp3) is 0.0909. The predicted molar refractivity (Wildman–Crippen MR) is 71.3 cm³/mol. The summed E-state index contributed by atoms with van der Waals surface area (Å²) in [5, 5.41) is 7.05. The first kappa shape index (κ1) is 12.4. The third kappa shape index (κ3) is 2.86. The van der Waals surface area contributed by atoms with Crippen molar-refractivity contribution >= 4 is 17.5 Å². The molecule has 3 aromatic rings. The topological polar surface area (TPSA) is 94.3 Å². The summed E-state index contributed by atoms with van der Waals surface area (Å²) in [5.74, 6) is 0.646. The van der Waals surface area contributed by atoms with Crippen LogP contribution in [0.15, 0.2) is 37.1 Å². The van der Waals surface area contributed by atoms with Gasteiger partial charge in [0.2, 0.25) is 11.2 Å². The van der Waals surface area contributed by atoms with Gasteiger partial charge in [-0.2, -0.15) is 24.7 Å². The molecule has 0 saturated heterocycles. The molecule has 0 spiro atoms. The Morgan fingerprint density at radius 3 is 2.90 bits per heavy atom. The van der Waals surface area contributed by atoms with E-state index in [4.69, 9.17) is 11.6 Å². The van der Waals surface area contributed by atoms with E-state index in [0.717, 1.165) is 5.69 Å². The van der Waals surface area contributed by atoms with Crippen LogP contribution in [0.3, 0.4) is 0 Å². The minimum atomic E-state index is 0.0778. The molecule has 1 N–H and O–H groups in total. The van der Waals surface area contributed by atoms with Gasteiger partial charge in [-0.3, -0.25) is 4.98 Å². The van der Waals surface area contributed by atoms with Crippen LogP contribution < -0.4 is 5.32 Å². The van der Waals surface area contributed by atoms with Crippen molar-refractivity contribution in [2.45, 2.75) is 6.54 Å². The zero-order valence-corrected chi connectivity index (χ0v) is 10.9. The van der Waals surface area contributed by atoms with Crippen molar-refractivity contribution in [1.82, 2.24) is 34.7 Å². The Morgan fingerprint density at radius 1 is 1.20 bits per heavy atom. The lowest BCUT2D eigenvalue weighted by Crippen LogP contribution is -2.09. The number of aromatic nitrogens is 7. The number of nitrogens with one attached hydrogen (secondary N) is 1. The molecule has 0 unspecified atom stereocenters. The fourth-order valence-corrected chi connectivity index (χ4v) is 1.66. The van der Waals surface area contributed by atoms with Crippen molar-refractivity contribution in [3.63, 3.8) is 0 Å². The van der Waals surface area contributed by atoms with Gasteiger partial charge in [-0.25, -0.2) is 4.98 Å². The van der Waals surface area contributed by atoms with E-state index < -0.39 is 0 Å². The first-order valence-corrected chi connectivity index (χ1v) is 6.09. The van der Waals surface area contributed by atoms with Crippen molar-refractivity contribution in [2.75, 3.05) is 5.32 Å². The van der Waals surface area contributed by atoms with Crippen LogP contribution in [-0.2, 0) is 6.54 Å². The first-order chi connectivity index (χ1) is 9.81. The average Bonchev–Trinajstić information content (AvgIpc) is 3.00. The largest absolute Gasteiger partial charge is 0.348 e. The Bertz CT molecular complexity index is 685. The van der Waals surface area contributed by atoms with E-state index >= 15 is 0 Å². The maximum absolute atomic E-state index is 5.87. The third-order valence-corrected chi connectivity index (χ3v) is 2.54. The monoisotopic (exact) mass is 288 g/mol. The molecular weight excluding hydrogens is 280 g/mol. The molecule has 0 aliphatic heterocycles. The normalized spacial score (nSPS) is 10.4. The standard InChI is InChI=1S/C11H9ClN8/c12-9-17-10(15-5-8-3-1-2-4-14-8)19-11(18-9)20-7-13-6-16-20/h1-4,6-7H,5H2,(H,15,17,18,19). The lowest BCUT2D eigenvalue weighted by Gasteiger charge is -2.06. The molecule has 0 aliphatic rings. The highest BCUT2D eigenvalue weighted by molar-refractivity contribution is 6.28. The van der Waals surface area contributed by atoms with Gasteiger partial charge in [0.1, 0.15) is 12.7 Å². The van der Waals surface area contributed by atoms with Crippen LogP contribution in [0.5, 0.6) is 0 Å². The second-order valence-corrected chi connectivity index (χ2v) is 4.08. The Kier molecular flexibility index (Phi) is 3.46. The first-order valence-electron chi connectivity index (χ1n) is 5.71. The zero-order valence-electron chi connectivity index (χ0n) is 10.2. The Balaban J connectivity index is 1.80. The lowest BCUT2D eigenvalue weighted by molar-refractivity contribution is 0.792. The van der Waals surface area contributed by atoms with E-state index in [2.05, 4.69) is 35.3 Å². The van der Waals surface area contributed by atoms with Crippen molar-refractivity contribution in [3.8, 4) is 5.95 Å². The van der Waals surface area contributed by atoms with Gasteiger partial charge in [-0.15, -0.1) is 0 Å². The molecule has 0 aliphatic carbocycles. The van der Waals surface area contributed by atoms with E-state index in [1.54, 1.807) is 6.20 Å². The van der Waals surface area contributed by atoms with E-state index in [9.17, 15) is 0 Å². The van der Waals surface area contributed by atoms with Crippen LogP contribution in [0, 0.1) is 0 Å². The molecule has 0 amide bonds. The number of hydrogen-bond acceptors (Lipinski definition) is 7. The van der Waals surface area contributed by atoms with Crippen LogP contribution >= 0.6 is 11.6 Å². The Hall–Kier alpha value is -2.61. The van der Waals surface area contributed by atoms with Crippen LogP contribution in [0.4, 0.5) is 5.95 Å². The summed E-state index contributed by atoms with van der Waals surface area (Å²) in [6, 6.07) is 5.66. The Morgan fingerprint density at radius 2 is 2.15 bits per heavy atom. The summed E-state index contributed by atoms with van der Waals surface area (Å²) in [6.07, 6.45) is 4.59. The zero-order chi connectivity index (χ0) is 13.8. The highest BCUT2D eigenvalue weighted by Gasteiger charge is 2.07. The summed E-state index contributed by atoms with van der Waals surface area (Å²) in [5.41, 5.74) is 0.867. The van der Waals surface area contributed by atoms with Crippen LogP contribution in [0.1, 0.15) is 5.69 Å². The summed E-state index contributed by atoms with van der Waals surface area (Å²) in [4.78, 5) is 20.2. The number of nitrogens with zero attached hydrogens (tertiary/aromatic N) is 7. The van der Waals surface area contributed by atoms with Gasteiger partial charge in [-0.1, -0.05) is 6.07 Å². The Labute approximate surface area is 118 Å². The summed E-state index contributed by atoms with van der Waals surface area (Å²) in [7, 11) is 0. The highest BCUT2D eigenvalue weighted by atomic mass is 35.5. The van der Waals surface area contributed by atoms with Gasteiger partial charge in [-0.05, 0) is 23.7 Å². The minimum absolute atomic E-state index is 0.0778. The van der Waals surface area contributed by atoms with E-state index in [1.165, 1.54) is 17.3 Å². The second kappa shape index (κ2) is 5.57. The van der Waals surface area contributed by atoms with Crippen LogP contribution in [0.2, 0.25) is 5.28 Å². The SMILES string of the molecule is Clc1nc(NCc2ccccn2)nc(-n2cncn2)n1. The molecule has 20 heavy (non-hydrogen) atoms. The molecule has 0 saturated carbocycles. The maximum Gasteiger partial charge on any atom is 0.258 e. The van der Waals surface area contributed by atoms with Gasteiger partial charge in [0.15, 0.2) is 0 Å². The van der Waals surface area contributed by atoms with Crippen molar-refractivity contribution in [3.05, 3.63) is 48.0 Å². The van der Waals surface area contributed by atoms with E-state index in [0.29, 0.717) is 18.4 Å². The average molecular weight is 289 g/mol. The molecule has 0 bridgehead atoms. The molecule has 3 heterocycles. The van der Waals surface area contributed by atoms with Crippen molar-refractivity contribution < 1.29 is 0 Å². The summed E-state index contributed by atoms with van der Waals surface area (Å²) >= 11 is 5.87. The van der Waals surface area contributed by atoms with E-state index in [-0.39, 0.29) is 5.28 Å². The molecule has 3 aromatic heterocycles.